The molecule has 4 aromatic rings. The van der Waals surface area contributed by atoms with Gasteiger partial charge in [0.25, 0.3) is 0 Å². The van der Waals surface area contributed by atoms with Crippen molar-refractivity contribution < 1.29 is 8.42 Å². The van der Waals surface area contributed by atoms with Crippen LogP contribution in [0.4, 0.5) is 5.69 Å². The zero-order valence-electron chi connectivity index (χ0n) is 15.7. The van der Waals surface area contributed by atoms with Crippen LogP contribution < -0.4 is 4.72 Å². The van der Waals surface area contributed by atoms with E-state index in [1.54, 1.807) is 12.1 Å². The number of halogens is 3. The lowest BCUT2D eigenvalue weighted by Gasteiger charge is -2.12. The van der Waals surface area contributed by atoms with Gasteiger partial charge in [-0.3, -0.25) is 9.29 Å². The molecule has 1 N–H and O–H groups in total. The van der Waals surface area contributed by atoms with Gasteiger partial charge in [-0.1, -0.05) is 58.0 Å². The Morgan fingerprint density at radius 2 is 1.74 bits per heavy atom. The minimum absolute atomic E-state index is 0.213. The summed E-state index contributed by atoms with van der Waals surface area (Å²) in [6.07, 6.45) is 1.45. The van der Waals surface area contributed by atoms with Crippen molar-refractivity contribution in [2.24, 2.45) is 0 Å². The van der Waals surface area contributed by atoms with Gasteiger partial charge in [0, 0.05) is 4.47 Å². The smallest absolute Gasteiger partial charge is 0.242 e. The molecule has 0 amide bonds. The first kappa shape index (κ1) is 22.7. The summed E-state index contributed by atoms with van der Waals surface area (Å²) < 4.78 is 31.5. The number of fused-ring (bicyclic) bond motifs is 1. The third-order valence-electron chi connectivity index (χ3n) is 4.31. The number of hydrogen-bond donors (Lipinski definition) is 1. The minimum atomic E-state index is -3.61. The van der Waals surface area contributed by atoms with Gasteiger partial charge in [-0.15, -0.1) is 10.2 Å². The highest BCUT2D eigenvalue weighted by atomic mass is 79.9. The van der Waals surface area contributed by atoms with Crippen LogP contribution >= 0.6 is 59.6 Å². The highest BCUT2D eigenvalue weighted by molar-refractivity contribution is 9.11. The maximum Gasteiger partial charge on any atom is 0.242 e. The fourth-order valence-corrected chi connectivity index (χ4v) is 6.28. The van der Waals surface area contributed by atoms with Gasteiger partial charge in [0.1, 0.15) is 9.69 Å². The van der Waals surface area contributed by atoms with Crippen LogP contribution in [0.2, 0.25) is 0 Å². The van der Waals surface area contributed by atoms with Crippen molar-refractivity contribution in [3.8, 4) is 0 Å². The number of nitrogens with one attached hydrogen (secondary N) is 1. The van der Waals surface area contributed by atoms with Crippen LogP contribution in [0.3, 0.4) is 0 Å². The molecule has 0 aliphatic carbocycles. The molecule has 0 atom stereocenters. The fourth-order valence-electron chi connectivity index (χ4n) is 2.92. The van der Waals surface area contributed by atoms with E-state index in [1.165, 1.54) is 6.20 Å². The molecular formula is C19H14Br3N5O2S2. The van der Waals surface area contributed by atoms with E-state index >= 15 is 0 Å². The number of anilines is 1. The Kier molecular flexibility index (Phi) is 7.01. The topological polar surface area (TPSA) is 89.8 Å². The molecule has 7 nitrogen and oxygen atoms in total. The number of aromatic nitrogens is 4. The van der Waals surface area contributed by atoms with Crippen molar-refractivity contribution in [2.45, 2.75) is 11.7 Å². The highest BCUT2D eigenvalue weighted by Crippen LogP contribution is 2.29. The molecule has 12 heteroatoms. The van der Waals surface area contributed by atoms with Crippen molar-refractivity contribution in [3.05, 3.63) is 74.1 Å². The van der Waals surface area contributed by atoms with Gasteiger partial charge in [0.05, 0.1) is 18.4 Å². The zero-order chi connectivity index (χ0) is 22.0. The van der Waals surface area contributed by atoms with E-state index in [1.807, 2.05) is 28.8 Å². The lowest BCUT2D eigenvalue weighted by Crippen LogP contribution is -2.15. The Hall–Kier alpha value is -1.47. The number of rotatable bonds is 7. The molecule has 2 aromatic heterocycles. The van der Waals surface area contributed by atoms with Crippen LogP contribution in [0.25, 0.3) is 10.8 Å². The van der Waals surface area contributed by atoms with Crippen molar-refractivity contribution in [1.29, 1.82) is 0 Å². The molecule has 0 fully saturated rings. The summed E-state index contributed by atoms with van der Waals surface area (Å²) >= 11 is 11.3. The maximum atomic E-state index is 12.5. The van der Waals surface area contributed by atoms with E-state index in [0.29, 0.717) is 26.7 Å². The molecule has 0 spiro atoms. The maximum absolute atomic E-state index is 12.5. The minimum Gasteiger partial charge on any atom is -0.292 e. The summed E-state index contributed by atoms with van der Waals surface area (Å²) in [4.78, 5) is 4.02. The van der Waals surface area contributed by atoms with Gasteiger partial charge in [-0.2, -0.15) is 0 Å². The SMILES string of the molecule is O=S(=O)(CSc1nnc(Br)n1Cc1ccc(Br)c2ccccc12)Nc1ccc(Br)nc1. The normalized spacial score (nSPS) is 11.7. The average Bonchev–Trinajstić information content (AvgIpc) is 3.10. The summed E-state index contributed by atoms with van der Waals surface area (Å²) in [5.41, 5.74) is 1.47. The summed E-state index contributed by atoms with van der Waals surface area (Å²) in [6.45, 7) is 0.494. The Balaban J connectivity index is 1.53. The van der Waals surface area contributed by atoms with Gasteiger partial charge in [-0.25, -0.2) is 13.4 Å². The van der Waals surface area contributed by atoms with Crippen molar-refractivity contribution in [1.82, 2.24) is 19.7 Å². The number of pyridine rings is 1. The second-order valence-electron chi connectivity index (χ2n) is 6.44. The standard InChI is InChI=1S/C19H14Br3N5O2S2/c20-16-7-5-12(14-3-1-2-4-15(14)16)10-27-18(22)24-25-19(27)30-11-31(28,29)26-13-6-8-17(21)23-9-13/h1-9,26H,10-11H2. The van der Waals surface area contributed by atoms with Crippen LogP contribution in [0, 0.1) is 0 Å². The van der Waals surface area contributed by atoms with E-state index in [2.05, 4.69) is 79.8 Å². The number of thioether (sulfide) groups is 1. The Morgan fingerprint density at radius 3 is 2.48 bits per heavy atom. The molecule has 0 saturated heterocycles. The molecule has 2 aromatic carbocycles. The predicted octanol–water partition coefficient (Wildman–Crippen LogP) is 5.65. The number of nitrogens with zero attached hydrogens (tertiary/aromatic N) is 4. The second-order valence-corrected chi connectivity index (χ2v) is 11.8. The third kappa shape index (κ3) is 5.48. The summed E-state index contributed by atoms with van der Waals surface area (Å²) in [5, 5.41) is 10.7. The lowest BCUT2D eigenvalue weighted by molar-refractivity contribution is 0.605. The zero-order valence-corrected chi connectivity index (χ0v) is 22.1. The summed E-state index contributed by atoms with van der Waals surface area (Å²) in [5.74, 6) is 0. The van der Waals surface area contributed by atoms with Crippen molar-refractivity contribution in [2.75, 3.05) is 9.81 Å². The number of sulfonamides is 1. The third-order valence-corrected chi connectivity index (χ3v) is 8.87. The largest absolute Gasteiger partial charge is 0.292 e. The first-order valence-electron chi connectivity index (χ1n) is 8.82. The van der Waals surface area contributed by atoms with E-state index in [9.17, 15) is 8.42 Å². The first-order chi connectivity index (χ1) is 14.8. The fraction of sp³-hybridized carbons (Fsp3) is 0.105. The van der Waals surface area contributed by atoms with E-state index in [-0.39, 0.29) is 5.08 Å². The predicted molar refractivity (Wildman–Crippen MR) is 134 cm³/mol. The lowest BCUT2D eigenvalue weighted by atomic mass is 10.0. The van der Waals surface area contributed by atoms with Crippen LogP contribution in [-0.2, 0) is 16.6 Å². The second kappa shape index (κ2) is 9.57. The molecule has 0 radical (unpaired) electrons. The Bertz CT molecular complexity index is 1340. The molecule has 2 heterocycles. The van der Waals surface area contributed by atoms with Gasteiger partial charge >= 0.3 is 0 Å². The molecule has 0 saturated carbocycles. The van der Waals surface area contributed by atoms with Crippen LogP contribution in [0.15, 0.2) is 73.7 Å². The molecule has 0 aliphatic heterocycles. The average molecular weight is 648 g/mol. The van der Waals surface area contributed by atoms with Gasteiger partial charge in [0.2, 0.25) is 14.8 Å². The van der Waals surface area contributed by atoms with Gasteiger partial charge in [-0.05, 0) is 66.4 Å². The molecule has 160 valence electrons. The van der Waals surface area contributed by atoms with Crippen molar-refractivity contribution in [3.63, 3.8) is 0 Å². The molecule has 31 heavy (non-hydrogen) atoms. The summed E-state index contributed by atoms with van der Waals surface area (Å²) in [6, 6.07) is 15.4. The van der Waals surface area contributed by atoms with E-state index in [0.717, 1.165) is 32.6 Å². The Morgan fingerprint density at radius 1 is 0.968 bits per heavy atom. The van der Waals surface area contributed by atoms with Gasteiger partial charge < -0.3 is 0 Å². The van der Waals surface area contributed by atoms with E-state index < -0.39 is 10.0 Å². The number of hydrogen-bond acceptors (Lipinski definition) is 6. The molecule has 0 aliphatic rings. The van der Waals surface area contributed by atoms with Crippen molar-refractivity contribution >= 4 is 86.0 Å². The van der Waals surface area contributed by atoms with Gasteiger partial charge in [0.15, 0.2) is 5.16 Å². The monoisotopic (exact) mass is 645 g/mol. The Labute approximate surface area is 208 Å². The highest BCUT2D eigenvalue weighted by Gasteiger charge is 2.18. The molecule has 0 unspecified atom stereocenters. The molecular weight excluding hydrogens is 634 g/mol. The summed E-state index contributed by atoms with van der Waals surface area (Å²) in [7, 11) is -3.61. The van der Waals surface area contributed by atoms with E-state index in [4.69, 9.17) is 0 Å². The molecule has 0 bridgehead atoms. The quantitative estimate of drug-likeness (QED) is 0.206. The number of benzene rings is 2. The molecule has 4 rings (SSSR count). The van der Waals surface area contributed by atoms with Crippen LogP contribution in [-0.4, -0.2) is 33.3 Å². The van der Waals surface area contributed by atoms with Crippen LogP contribution in [0.5, 0.6) is 0 Å². The first-order valence-corrected chi connectivity index (χ1v) is 13.8. The van der Waals surface area contributed by atoms with Crippen LogP contribution in [0.1, 0.15) is 5.56 Å².